The first-order valence-corrected chi connectivity index (χ1v) is 8.92. The van der Waals surface area contributed by atoms with Gasteiger partial charge in [-0.25, -0.2) is 9.59 Å². The van der Waals surface area contributed by atoms with Crippen LogP contribution >= 0.6 is 15.9 Å². The van der Waals surface area contributed by atoms with Gasteiger partial charge in [0, 0.05) is 11.0 Å². The van der Waals surface area contributed by atoms with Gasteiger partial charge in [0.2, 0.25) is 0 Å². The molecule has 0 aromatic heterocycles. The molecule has 24 heavy (non-hydrogen) atoms. The maximum atomic E-state index is 12.4. The molecule has 132 valence electrons. The van der Waals surface area contributed by atoms with E-state index in [4.69, 9.17) is 4.74 Å². The number of ether oxygens (including phenoxy) is 1. The molecule has 0 aliphatic carbocycles. The van der Waals surface area contributed by atoms with Crippen LogP contribution in [-0.4, -0.2) is 40.3 Å². The zero-order valence-corrected chi connectivity index (χ0v) is 15.9. The van der Waals surface area contributed by atoms with Crippen LogP contribution in [0.4, 0.5) is 4.79 Å². The lowest BCUT2D eigenvalue weighted by Crippen LogP contribution is -2.52. The molecule has 1 aliphatic rings. The Kier molecular flexibility index (Phi) is 5.91. The van der Waals surface area contributed by atoms with E-state index >= 15 is 0 Å². The highest BCUT2D eigenvalue weighted by Gasteiger charge is 2.38. The lowest BCUT2D eigenvalue weighted by molar-refractivity contribution is -0.145. The number of nitrogens with zero attached hydrogens (tertiary/aromatic N) is 1. The highest BCUT2D eigenvalue weighted by atomic mass is 79.9. The summed E-state index contributed by atoms with van der Waals surface area (Å²) in [6.45, 7) is 5.75. The summed E-state index contributed by atoms with van der Waals surface area (Å²) in [7, 11) is 0. The van der Waals surface area contributed by atoms with E-state index in [0.717, 1.165) is 17.3 Å². The molecule has 1 saturated heterocycles. The Morgan fingerprint density at radius 1 is 1.25 bits per heavy atom. The summed E-state index contributed by atoms with van der Waals surface area (Å²) >= 11 is 3.42. The molecule has 2 atom stereocenters. The molecule has 0 spiro atoms. The highest BCUT2D eigenvalue weighted by molar-refractivity contribution is 9.10. The molecule has 1 fully saturated rings. The summed E-state index contributed by atoms with van der Waals surface area (Å²) in [4.78, 5) is 25.3. The van der Waals surface area contributed by atoms with Crippen molar-refractivity contribution in [3.8, 4) is 0 Å². The van der Waals surface area contributed by atoms with E-state index in [-0.39, 0.29) is 5.92 Å². The van der Waals surface area contributed by atoms with E-state index in [1.54, 1.807) is 20.8 Å². The van der Waals surface area contributed by atoms with Crippen LogP contribution in [0.1, 0.15) is 39.2 Å². The second-order valence-corrected chi connectivity index (χ2v) is 8.18. The van der Waals surface area contributed by atoms with Gasteiger partial charge in [0.1, 0.15) is 11.6 Å². The topological polar surface area (TPSA) is 66.8 Å². The first-order chi connectivity index (χ1) is 11.2. The minimum absolute atomic E-state index is 0.231. The molecule has 0 bridgehead atoms. The van der Waals surface area contributed by atoms with Crippen LogP contribution in [0.3, 0.4) is 0 Å². The third kappa shape index (κ3) is 5.23. The van der Waals surface area contributed by atoms with Crippen LogP contribution < -0.4 is 0 Å². The van der Waals surface area contributed by atoms with E-state index < -0.39 is 23.7 Å². The molecule has 1 amide bonds. The average Bonchev–Trinajstić information content (AvgIpc) is 2.47. The fourth-order valence-electron chi connectivity index (χ4n) is 2.95. The molecule has 5 nitrogen and oxygen atoms in total. The number of likely N-dealkylation sites (tertiary alicyclic amines) is 1. The second-order valence-electron chi connectivity index (χ2n) is 7.26. The maximum absolute atomic E-state index is 12.4. The number of hydrogen-bond acceptors (Lipinski definition) is 3. The van der Waals surface area contributed by atoms with Crippen LogP contribution in [0.5, 0.6) is 0 Å². The van der Waals surface area contributed by atoms with Crippen molar-refractivity contribution in [3.05, 3.63) is 34.3 Å². The SMILES string of the molecule is CC(C)(C)OC(=O)N1C[C@@H](Cc2ccc(Br)cc2)CC[C@H]1C(=O)O. The van der Waals surface area contributed by atoms with Gasteiger partial charge in [-0.3, -0.25) is 4.90 Å². The lowest BCUT2D eigenvalue weighted by Gasteiger charge is -2.38. The number of rotatable bonds is 3. The summed E-state index contributed by atoms with van der Waals surface area (Å²) in [5, 5.41) is 9.41. The molecular formula is C18H24BrNO4. The van der Waals surface area contributed by atoms with Gasteiger partial charge in [0.15, 0.2) is 0 Å². The molecule has 1 heterocycles. The van der Waals surface area contributed by atoms with E-state index in [2.05, 4.69) is 15.9 Å². The van der Waals surface area contributed by atoms with Gasteiger partial charge in [0.25, 0.3) is 0 Å². The number of piperidine rings is 1. The number of benzene rings is 1. The molecule has 0 radical (unpaired) electrons. The Hall–Kier alpha value is -1.56. The van der Waals surface area contributed by atoms with Gasteiger partial charge in [-0.1, -0.05) is 28.1 Å². The average molecular weight is 398 g/mol. The highest BCUT2D eigenvalue weighted by Crippen LogP contribution is 2.27. The van der Waals surface area contributed by atoms with Crippen LogP contribution in [0.15, 0.2) is 28.7 Å². The van der Waals surface area contributed by atoms with Gasteiger partial charge in [0.05, 0.1) is 0 Å². The van der Waals surface area contributed by atoms with Crippen LogP contribution in [0.25, 0.3) is 0 Å². The number of aliphatic carboxylic acids is 1. The summed E-state index contributed by atoms with van der Waals surface area (Å²) in [6.07, 6.45) is 1.51. The normalized spacial score (nSPS) is 21.4. The second kappa shape index (κ2) is 7.55. The van der Waals surface area contributed by atoms with Crippen molar-refractivity contribution < 1.29 is 19.4 Å². The Labute approximate surface area is 151 Å². The molecule has 1 aromatic rings. The summed E-state index contributed by atoms with van der Waals surface area (Å²) < 4.78 is 6.41. The van der Waals surface area contributed by atoms with Crippen molar-refractivity contribution in [1.82, 2.24) is 4.90 Å². The number of amides is 1. The number of halogens is 1. The zero-order valence-electron chi connectivity index (χ0n) is 14.3. The fraction of sp³-hybridized carbons (Fsp3) is 0.556. The number of carbonyl (C=O) groups excluding carboxylic acids is 1. The molecular weight excluding hydrogens is 374 g/mol. The molecule has 1 N–H and O–H groups in total. The van der Waals surface area contributed by atoms with Crippen molar-refractivity contribution in [3.63, 3.8) is 0 Å². The lowest BCUT2D eigenvalue weighted by atomic mass is 9.88. The van der Waals surface area contributed by atoms with Crippen molar-refractivity contribution in [2.75, 3.05) is 6.54 Å². The Balaban J connectivity index is 2.08. The standard InChI is InChI=1S/C18H24BrNO4/c1-18(2,3)24-17(23)20-11-13(6-9-15(20)16(21)22)10-12-4-7-14(19)8-5-12/h4-5,7-8,13,15H,6,9-11H2,1-3H3,(H,21,22)/t13-,15+/m1/s1. The largest absolute Gasteiger partial charge is 0.480 e. The van der Waals surface area contributed by atoms with E-state index in [1.807, 2.05) is 24.3 Å². The number of carbonyl (C=O) groups is 2. The minimum atomic E-state index is -0.969. The third-order valence-corrected chi connectivity index (χ3v) is 4.56. The summed E-state index contributed by atoms with van der Waals surface area (Å²) in [6, 6.07) is 7.27. The van der Waals surface area contributed by atoms with E-state index in [9.17, 15) is 14.7 Å². The number of carboxylic acids is 1. The predicted molar refractivity (Wildman–Crippen MR) is 94.9 cm³/mol. The Morgan fingerprint density at radius 3 is 2.42 bits per heavy atom. The van der Waals surface area contributed by atoms with Gasteiger partial charge >= 0.3 is 12.1 Å². The van der Waals surface area contributed by atoms with Gasteiger partial charge in [-0.05, 0) is 63.6 Å². The van der Waals surface area contributed by atoms with Gasteiger partial charge < -0.3 is 9.84 Å². The van der Waals surface area contributed by atoms with Crippen LogP contribution in [-0.2, 0) is 16.0 Å². The molecule has 1 aliphatic heterocycles. The molecule has 0 unspecified atom stereocenters. The fourth-order valence-corrected chi connectivity index (χ4v) is 3.21. The van der Waals surface area contributed by atoms with Crippen molar-refractivity contribution in [2.45, 2.75) is 51.7 Å². The van der Waals surface area contributed by atoms with Gasteiger partial charge in [-0.15, -0.1) is 0 Å². The molecule has 6 heteroatoms. The Bertz CT molecular complexity index is 594. The molecule has 0 saturated carbocycles. The Morgan fingerprint density at radius 2 is 1.88 bits per heavy atom. The van der Waals surface area contributed by atoms with Crippen molar-refractivity contribution in [1.29, 1.82) is 0 Å². The summed E-state index contributed by atoms with van der Waals surface area (Å²) in [5.74, 6) is -0.739. The van der Waals surface area contributed by atoms with E-state index in [1.165, 1.54) is 10.5 Å². The molecule has 2 rings (SSSR count). The zero-order chi connectivity index (χ0) is 17.9. The smallest absolute Gasteiger partial charge is 0.411 e. The predicted octanol–water partition coefficient (Wildman–Crippen LogP) is 4.09. The van der Waals surface area contributed by atoms with Crippen molar-refractivity contribution in [2.24, 2.45) is 5.92 Å². The maximum Gasteiger partial charge on any atom is 0.411 e. The van der Waals surface area contributed by atoms with Crippen molar-refractivity contribution >= 4 is 28.0 Å². The van der Waals surface area contributed by atoms with E-state index in [0.29, 0.717) is 13.0 Å². The summed E-state index contributed by atoms with van der Waals surface area (Å²) in [5.41, 5.74) is 0.541. The molecule has 1 aromatic carbocycles. The minimum Gasteiger partial charge on any atom is -0.480 e. The van der Waals surface area contributed by atoms with Crippen LogP contribution in [0.2, 0.25) is 0 Å². The monoisotopic (exact) mass is 397 g/mol. The number of carboxylic acid groups (broad SMARTS) is 1. The quantitative estimate of drug-likeness (QED) is 0.833. The van der Waals surface area contributed by atoms with Gasteiger partial charge in [-0.2, -0.15) is 0 Å². The number of hydrogen-bond donors (Lipinski definition) is 1. The first-order valence-electron chi connectivity index (χ1n) is 8.12. The first kappa shape index (κ1) is 18.8. The van der Waals surface area contributed by atoms with Crippen LogP contribution in [0, 0.1) is 5.92 Å². The third-order valence-electron chi connectivity index (χ3n) is 4.03.